The van der Waals surface area contributed by atoms with Crippen molar-refractivity contribution in [2.75, 3.05) is 5.32 Å². The zero-order valence-corrected chi connectivity index (χ0v) is 10.8. The highest BCUT2D eigenvalue weighted by Gasteiger charge is 2.18. The van der Waals surface area contributed by atoms with Gasteiger partial charge >= 0.3 is 5.97 Å². The first kappa shape index (κ1) is 14.9. The van der Waals surface area contributed by atoms with Crippen LogP contribution in [0.1, 0.15) is 30.6 Å². The molecule has 1 aromatic rings. The van der Waals surface area contributed by atoms with E-state index in [0.29, 0.717) is 0 Å². The topological polar surface area (TPSA) is 92.4 Å². The molecule has 0 saturated heterocycles. The Morgan fingerprint density at radius 3 is 2.47 bits per heavy atom. The van der Waals surface area contributed by atoms with Gasteiger partial charge in [0, 0.05) is 11.6 Å². The number of rotatable bonds is 6. The van der Waals surface area contributed by atoms with E-state index in [1.807, 2.05) is 13.8 Å². The predicted octanol–water partition coefficient (Wildman–Crippen LogP) is 1.84. The SMILES string of the molecule is CC(C)C(CC(=O)O)Nc1ccc(C(N)=O)cc1F. The number of carboxylic acid groups (broad SMARTS) is 1. The Labute approximate surface area is 110 Å². The van der Waals surface area contributed by atoms with Gasteiger partial charge in [0.2, 0.25) is 5.91 Å². The van der Waals surface area contributed by atoms with Crippen molar-refractivity contribution in [2.24, 2.45) is 11.7 Å². The molecular weight excluding hydrogens is 251 g/mol. The molecule has 0 saturated carbocycles. The van der Waals surface area contributed by atoms with Gasteiger partial charge in [-0.3, -0.25) is 9.59 Å². The van der Waals surface area contributed by atoms with Crippen molar-refractivity contribution in [3.63, 3.8) is 0 Å². The lowest BCUT2D eigenvalue weighted by molar-refractivity contribution is -0.137. The van der Waals surface area contributed by atoms with Crippen molar-refractivity contribution >= 4 is 17.6 Å². The molecule has 0 bridgehead atoms. The first-order chi connectivity index (χ1) is 8.81. The third kappa shape index (κ3) is 4.24. The van der Waals surface area contributed by atoms with Crippen molar-refractivity contribution < 1.29 is 19.1 Å². The summed E-state index contributed by atoms with van der Waals surface area (Å²) < 4.78 is 13.8. The molecule has 1 unspecified atom stereocenters. The summed E-state index contributed by atoms with van der Waals surface area (Å²) in [5.41, 5.74) is 5.27. The van der Waals surface area contributed by atoms with Gasteiger partial charge in [0.1, 0.15) is 5.82 Å². The number of carbonyl (C=O) groups excluding carboxylic acids is 1. The van der Waals surface area contributed by atoms with Gasteiger partial charge in [-0.2, -0.15) is 0 Å². The van der Waals surface area contributed by atoms with Crippen molar-refractivity contribution in [3.8, 4) is 0 Å². The smallest absolute Gasteiger partial charge is 0.305 e. The molecule has 5 nitrogen and oxygen atoms in total. The van der Waals surface area contributed by atoms with E-state index in [1.165, 1.54) is 12.1 Å². The average Bonchev–Trinajstić information content (AvgIpc) is 2.29. The Hall–Kier alpha value is -2.11. The quantitative estimate of drug-likeness (QED) is 0.734. The molecule has 0 fully saturated rings. The number of aliphatic carboxylic acids is 1. The van der Waals surface area contributed by atoms with Gasteiger partial charge in [-0.25, -0.2) is 4.39 Å². The molecule has 6 heteroatoms. The molecule has 1 rings (SSSR count). The Morgan fingerprint density at radius 2 is 2.05 bits per heavy atom. The lowest BCUT2D eigenvalue weighted by atomic mass is 10.0. The third-order valence-electron chi connectivity index (χ3n) is 2.79. The Morgan fingerprint density at radius 1 is 1.42 bits per heavy atom. The van der Waals surface area contributed by atoms with E-state index < -0.39 is 23.7 Å². The molecule has 1 atom stereocenters. The second-order valence-electron chi connectivity index (χ2n) is 4.65. The lowest BCUT2D eigenvalue weighted by Gasteiger charge is -2.22. The molecule has 104 valence electrons. The van der Waals surface area contributed by atoms with Crippen molar-refractivity contribution in [1.82, 2.24) is 0 Å². The van der Waals surface area contributed by atoms with Crippen molar-refractivity contribution in [3.05, 3.63) is 29.6 Å². The van der Waals surface area contributed by atoms with Crippen LogP contribution in [0, 0.1) is 11.7 Å². The zero-order valence-electron chi connectivity index (χ0n) is 10.8. The summed E-state index contributed by atoms with van der Waals surface area (Å²) in [6.45, 7) is 3.69. The van der Waals surface area contributed by atoms with Crippen LogP contribution in [0.3, 0.4) is 0 Å². The van der Waals surface area contributed by atoms with Crippen LogP contribution in [0.4, 0.5) is 10.1 Å². The Bertz CT molecular complexity index is 489. The minimum absolute atomic E-state index is 0.0197. The second kappa shape index (κ2) is 6.17. The maximum Gasteiger partial charge on any atom is 0.305 e. The molecule has 0 heterocycles. The molecule has 0 radical (unpaired) electrons. The van der Waals surface area contributed by atoms with Crippen molar-refractivity contribution in [1.29, 1.82) is 0 Å². The van der Waals surface area contributed by atoms with E-state index in [-0.39, 0.29) is 23.6 Å². The highest BCUT2D eigenvalue weighted by molar-refractivity contribution is 5.93. The number of nitrogens with one attached hydrogen (secondary N) is 1. The summed E-state index contributed by atoms with van der Waals surface area (Å²) in [5, 5.41) is 11.6. The summed E-state index contributed by atoms with van der Waals surface area (Å²) in [7, 11) is 0. The van der Waals surface area contributed by atoms with Crippen LogP contribution in [-0.4, -0.2) is 23.0 Å². The highest BCUT2D eigenvalue weighted by Crippen LogP contribution is 2.20. The first-order valence-corrected chi connectivity index (χ1v) is 5.89. The minimum Gasteiger partial charge on any atom is -0.481 e. The number of carboxylic acids is 1. The second-order valence-corrected chi connectivity index (χ2v) is 4.65. The fraction of sp³-hybridized carbons (Fsp3) is 0.385. The largest absolute Gasteiger partial charge is 0.481 e. The standard InChI is InChI=1S/C13H17FN2O3/c1-7(2)11(6-12(17)18)16-10-4-3-8(13(15)19)5-9(10)14/h3-5,7,11,16H,6H2,1-2H3,(H2,15,19)(H,17,18). The van der Waals surface area contributed by atoms with Gasteiger partial charge in [-0.1, -0.05) is 13.8 Å². The lowest BCUT2D eigenvalue weighted by Crippen LogP contribution is -2.29. The Kier molecular flexibility index (Phi) is 4.86. The van der Waals surface area contributed by atoms with Crippen LogP contribution in [0.15, 0.2) is 18.2 Å². The van der Waals surface area contributed by atoms with Crippen LogP contribution < -0.4 is 11.1 Å². The summed E-state index contributed by atoms with van der Waals surface area (Å²) in [5.74, 6) is -2.28. The van der Waals surface area contributed by atoms with E-state index >= 15 is 0 Å². The summed E-state index contributed by atoms with van der Waals surface area (Å²) in [6.07, 6.45) is -0.116. The first-order valence-electron chi connectivity index (χ1n) is 5.89. The molecular formula is C13H17FN2O3. The predicted molar refractivity (Wildman–Crippen MR) is 69.4 cm³/mol. The molecule has 0 aromatic heterocycles. The number of benzene rings is 1. The van der Waals surface area contributed by atoms with Crippen LogP contribution in [0.2, 0.25) is 0 Å². The van der Waals surface area contributed by atoms with Gasteiger partial charge < -0.3 is 16.2 Å². The van der Waals surface area contributed by atoms with Gasteiger partial charge in [-0.15, -0.1) is 0 Å². The van der Waals surface area contributed by atoms with Gasteiger partial charge in [-0.05, 0) is 24.1 Å². The van der Waals surface area contributed by atoms with E-state index in [9.17, 15) is 14.0 Å². The fourth-order valence-electron chi connectivity index (χ4n) is 1.63. The van der Waals surface area contributed by atoms with E-state index in [1.54, 1.807) is 0 Å². The average molecular weight is 268 g/mol. The molecule has 0 spiro atoms. The number of anilines is 1. The van der Waals surface area contributed by atoms with Gasteiger partial charge in [0.15, 0.2) is 0 Å². The van der Waals surface area contributed by atoms with E-state index in [0.717, 1.165) is 6.07 Å². The molecule has 0 aliphatic carbocycles. The normalized spacial score (nSPS) is 12.2. The molecule has 1 amide bonds. The zero-order chi connectivity index (χ0) is 14.6. The van der Waals surface area contributed by atoms with Crippen LogP contribution in [0.25, 0.3) is 0 Å². The fourth-order valence-corrected chi connectivity index (χ4v) is 1.63. The third-order valence-corrected chi connectivity index (χ3v) is 2.79. The van der Waals surface area contributed by atoms with Crippen LogP contribution in [-0.2, 0) is 4.79 Å². The minimum atomic E-state index is -0.958. The molecule has 19 heavy (non-hydrogen) atoms. The molecule has 1 aromatic carbocycles. The van der Waals surface area contributed by atoms with E-state index in [2.05, 4.69) is 5.32 Å². The van der Waals surface area contributed by atoms with Crippen LogP contribution in [0.5, 0.6) is 0 Å². The monoisotopic (exact) mass is 268 g/mol. The number of amides is 1. The highest BCUT2D eigenvalue weighted by atomic mass is 19.1. The maximum absolute atomic E-state index is 13.8. The van der Waals surface area contributed by atoms with Gasteiger partial charge in [0.05, 0.1) is 12.1 Å². The number of nitrogens with two attached hydrogens (primary N) is 1. The molecule has 0 aliphatic heterocycles. The summed E-state index contributed by atoms with van der Waals surface area (Å²) >= 11 is 0. The van der Waals surface area contributed by atoms with Crippen molar-refractivity contribution in [2.45, 2.75) is 26.3 Å². The number of hydrogen-bond donors (Lipinski definition) is 3. The van der Waals surface area contributed by atoms with E-state index in [4.69, 9.17) is 10.8 Å². The number of hydrogen-bond acceptors (Lipinski definition) is 3. The number of primary amides is 1. The maximum atomic E-state index is 13.8. The van der Waals surface area contributed by atoms with Crippen LogP contribution >= 0.6 is 0 Å². The number of carbonyl (C=O) groups is 2. The summed E-state index contributed by atoms with van der Waals surface area (Å²) in [4.78, 5) is 21.6. The molecule has 0 aliphatic rings. The number of halogens is 1. The summed E-state index contributed by atoms with van der Waals surface area (Å²) in [6, 6.07) is 3.41. The van der Waals surface area contributed by atoms with Gasteiger partial charge in [0.25, 0.3) is 0 Å². The Balaban J connectivity index is 2.91. The molecule has 4 N–H and O–H groups in total.